The minimum atomic E-state index is -1.35. The second-order valence-corrected chi connectivity index (χ2v) is 5.55. The number of esters is 1. The van der Waals surface area contributed by atoms with Gasteiger partial charge in [-0.2, -0.15) is 0 Å². The van der Waals surface area contributed by atoms with Gasteiger partial charge in [-0.05, 0) is 35.3 Å². The van der Waals surface area contributed by atoms with Crippen molar-refractivity contribution in [2.45, 2.75) is 12.8 Å². The monoisotopic (exact) mass is 296 g/mol. The van der Waals surface area contributed by atoms with Crippen molar-refractivity contribution in [2.24, 2.45) is 5.41 Å². The Balaban J connectivity index is 2.00. The third-order valence-electron chi connectivity index (χ3n) is 4.21. The van der Waals surface area contributed by atoms with E-state index in [4.69, 9.17) is 4.74 Å². The number of hydrogen-bond donors (Lipinski definition) is 1. The smallest absolute Gasteiger partial charge is 0.320 e. The first-order chi connectivity index (χ1) is 10.6. The molecule has 0 radical (unpaired) electrons. The Morgan fingerprint density at radius 1 is 1.23 bits per heavy atom. The minimum Gasteiger partial charge on any atom is -0.505 e. The largest absolute Gasteiger partial charge is 0.505 e. The number of carbonyl (C=O) groups excluding carboxylic acids is 2. The molecule has 2 aromatic carbocycles. The summed E-state index contributed by atoms with van der Waals surface area (Å²) in [6, 6.07) is 13.7. The van der Waals surface area contributed by atoms with Crippen molar-refractivity contribution in [1.29, 1.82) is 0 Å². The van der Waals surface area contributed by atoms with Crippen LogP contribution in [0.2, 0.25) is 0 Å². The van der Waals surface area contributed by atoms with Crippen LogP contribution in [0.5, 0.6) is 0 Å². The van der Waals surface area contributed by atoms with Crippen molar-refractivity contribution in [3.8, 4) is 0 Å². The quantitative estimate of drug-likeness (QED) is 0.698. The van der Waals surface area contributed by atoms with Crippen LogP contribution in [0.15, 0.2) is 54.3 Å². The van der Waals surface area contributed by atoms with Crippen LogP contribution in [-0.4, -0.2) is 24.0 Å². The normalized spacial score (nSPS) is 21.0. The maximum atomic E-state index is 12.3. The van der Waals surface area contributed by atoms with Crippen molar-refractivity contribution in [2.75, 3.05) is 7.11 Å². The van der Waals surface area contributed by atoms with Crippen molar-refractivity contribution in [1.82, 2.24) is 0 Å². The molecule has 3 rings (SSSR count). The van der Waals surface area contributed by atoms with E-state index in [-0.39, 0.29) is 18.6 Å². The molecule has 1 unspecified atom stereocenters. The first-order valence-corrected chi connectivity index (χ1v) is 7.07. The summed E-state index contributed by atoms with van der Waals surface area (Å²) < 4.78 is 4.81. The van der Waals surface area contributed by atoms with E-state index in [1.807, 2.05) is 42.5 Å². The number of allylic oxidation sites excluding steroid dienone is 2. The summed E-state index contributed by atoms with van der Waals surface area (Å²) in [5, 5.41) is 11.8. The number of carbonyl (C=O) groups is 2. The van der Waals surface area contributed by atoms with Crippen molar-refractivity contribution < 1.29 is 19.4 Å². The lowest BCUT2D eigenvalue weighted by atomic mass is 9.78. The molecule has 0 saturated heterocycles. The van der Waals surface area contributed by atoms with Gasteiger partial charge < -0.3 is 9.84 Å². The zero-order valence-corrected chi connectivity index (χ0v) is 12.2. The van der Waals surface area contributed by atoms with Gasteiger partial charge in [-0.25, -0.2) is 0 Å². The van der Waals surface area contributed by atoms with Gasteiger partial charge in [0.15, 0.2) is 5.76 Å². The Kier molecular flexibility index (Phi) is 3.45. The molecular formula is C18H16O4. The lowest BCUT2D eigenvalue weighted by Gasteiger charge is -2.24. The molecule has 0 heterocycles. The van der Waals surface area contributed by atoms with Crippen LogP contribution >= 0.6 is 0 Å². The van der Waals surface area contributed by atoms with Crippen LogP contribution in [0.1, 0.15) is 12.0 Å². The van der Waals surface area contributed by atoms with Gasteiger partial charge in [-0.3, -0.25) is 9.59 Å². The molecular weight excluding hydrogens is 280 g/mol. The van der Waals surface area contributed by atoms with E-state index in [1.54, 1.807) is 0 Å². The molecule has 0 saturated carbocycles. The summed E-state index contributed by atoms with van der Waals surface area (Å²) in [5.74, 6) is -1.52. The Hall–Kier alpha value is -2.62. The zero-order valence-electron chi connectivity index (χ0n) is 12.2. The highest BCUT2D eigenvalue weighted by Crippen LogP contribution is 2.38. The maximum Gasteiger partial charge on any atom is 0.320 e. The third-order valence-corrected chi connectivity index (χ3v) is 4.21. The van der Waals surface area contributed by atoms with Crippen molar-refractivity contribution in [3.63, 3.8) is 0 Å². The number of Topliss-reactive ketones (excluding diaryl/α,β-unsaturated/α-hetero) is 1. The van der Waals surface area contributed by atoms with Gasteiger partial charge in [0.25, 0.3) is 0 Å². The molecule has 0 aromatic heterocycles. The Morgan fingerprint density at radius 3 is 2.59 bits per heavy atom. The zero-order chi connectivity index (χ0) is 15.7. The number of aliphatic hydroxyl groups excluding tert-OH is 1. The fourth-order valence-corrected chi connectivity index (χ4v) is 2.99. The topological polar surface area (TPSA) is 63.6 Å². The molecule has 4 nitrogen and oxygen atoms in total. The molecule has 1 aliphatic carbocycles. The fourth-order valence-electron chi connectivity index (χ4n) is 2.99. The predicted molar refractivity (Wildman–Crippen MR) is 82.4 cm³/mol. The van der Waals surface area contributed by atoms with E-state index < -0.39 is 17.2 Å². The molecule has 112 valence electrons. The molecule has 0 bridgehead atoms. The SMILES string of the molecule is COC(=O)C1(Cc2ccc3ccccc3c2)CC=C(O)C1=O. The average Bonchev–Trinajstić information content (AvgIpc) is 2.83. The number of methoxy groups -OCH3 is 1. The molecule has 1 N–H and O–H groups in total. The van der Waals surface area contributed by atoms with Crippen molar-refractivity contribution >= 4 is 22.5 Å². The van der Waals surface area contributed by atoms with E-state index in [9.17, 15) is 14.7 Å². The standard InChI is InChI=1S/C18H16O4/c1-22-17(21)18(9-8-15(19)16(18)20)11-12-6-7-13-4-2-3-5-14(13)10-12/h2-8,10,19H,9,11H2,1H3. The second kappa shape index (κ2) is 5.30. The lowest BCUT2D eigenvalue weighted by Crippen LogP contribution is -2.39. The highest BCUT2D eigenvalue weighted by atomic mass is 16.5. The summed E-state index contributed by atoms with van der Waals surface area (Å²) in [7, 11) is 1.26. The highest BCUT2D eigenvalue weighted by Gasteiger charge is 2.51. The second-order valence-electron chi connectivity index (χ2n) is 5.55. The maximum absolute atomic E-state index is 12.3. The van der Waals surface area contributed by atoms with E-state index >= 15 is 0 Å². The van der Waals surface area contributed by atoms with E-state index in [0.29, 0.717) is 0 Å². The predicted octanol–water partition coefficient (Wildman–Crippen LogP) is 2.96. The van der Waals surface area contributed by atoms with Gasteiger partial charge in [0.2, 0.25) is 5.78 Å². The molecule has 0 fully saturated rings. The van der Waals surface area contributed by atoms with Gasteiger partial charge in [0, 0.05) is 0 Å². The molecule has 22 heavy (non-hydrogen) atoms. The molecule has 0 amide bonds. The molecule has 2 aromatic rings. The summed E-state index contributed by atoms with van der Waals surface area (Å²) in [5.41, 5.74) is -0.484. The molecule has 0 spiro atoms. The van der Waals surface area contributed by atoms with Crippen molar-refractivity contribution in [3.05, 3.63) is 59.9 Å². The van der Waals surface area contributed by atoms with Crippen LogP contribution in [0.4, 0.5) is 0 Å². The summed E-state index contributed by atoms with van der Waals surface area (Å²) in [6.45, 7) is 0. The van der Waals surface area contributed by atoms with E-state index in [1.165, 1.54) is 13.2 Å². The summed E-state index contributed by atoms with van der Waals surface area (Å²) in [4.78, 5) is 24.4. The Labute approximate surface area is 128 Å². The third kappa shape index (κ3) is 2.17. The number of hydrogen-bond acceptors (Lipinski definition) is 4. The minimum absolute atomic E-state index is 0.164. The first kappa shape index (κ1) is 14.3. The van der Waals surface area contributed by atoms with Gasteiger partial charge in [-0.1, -0.05) is 42.5 Å². The molecule has 4 heteroatoms. The van der Waals surface area contributed by atoms with Gasteiger partial charge in [0.05, 0.1) is 7.11 Å². The first-order valence-electron chi connectivity index (χ1n) is 7.07. The number of ether oxygens (including phenoxy) is 1. The van der Waals surface area contributed by atoms with E-state index in [2.05, 4.69) is 0 Å². The number of fused-ring (bicyclic) bond motifs is 1. The van der Waals surface area contributed by atoms with Crippen LogP contribution in [0.25, 0.3) is 10.8 Å². The van der Waals surface area contributed by atoms with Crippen LogP contribution < -0.4 is 0 Å². The summed E-state index contributed by atoms with van der Waals surface area (Å²) in [6.07, 6.45) is 1.77. The molecule has 0 aliphatic heterocycles. The van der Waals surface area contributed by atoms with Crippen LogP contribution in [0, 0.1) is 5.41 Å². The highest BCUT2D eigenvalue weighted by molar-refractivity contribution is 6.13. The summed E-state index contributed by atoms with van der Waals surface area (Å²) >= 11 is 0. The number of benzene rings is 2. The number of aliphatic hydroxyl groups is 1. The average molecular weight is 296 g/mol. The number of ketones is 1. The lowest BCUT2D eigenvalue weighted by molar-refractivity contribution is -0.156. The van der Waals surface area contributed by atoms with Gasteiger partial charge in [-0.15, -0.1) is 0 Å². The molecule has 1 atom stereocenters. The van der Waals surface area contributed by atoms with Crippen LogP contribution in [-0.2, 0) is 20.7 Å². The van der Waals surface area contributed by atoms with Gasteiger partial charge >= 0.3 is 5.97 Å². The Bertz CT molecular complexity index is 791. The van der Waals surface area contributed by atoms with E-state index in [0.717, 1.165) is 16.3 Å². The van der Waals surface area contributed by atoms with Crippen LogP contribution in [0.3, 0.4) is 0 Å². The Morgan fingerprint density at radius 2 is 1.95 bits per heavy atom. The number of rotatable bonds is 3. The molecule has 1 aliphatic rings. The fraction of sp³-hybridized carbons (Fsp3) is 0.222. The van der Waals surface area contributed by atoms with Gasteiger partial charge in [0.1, 0.15) is 5.41 Å².